The van der Waals surface area contributed by atoms with Crippen molar-refractivity contribution in [1.82, 2.24) is 10.1 Å². The van der Waals surface area contributed by atoms with Gasteiger partial charge in [0.1, 0.15) is 6.10 Å². The molecule has 0 fully saturated rings. The first kappa shape index (κ1) is 16.3. The molecule has 104 valence electrons. The van der Waals surface area contributed by atoms with Gasteiger partial charge in [0.05, 0.1) is 0 Å². The van der Waals surface area contributed by atoms with Gasteiger partial charge in [-0.2, -0.15) is 18.2 Å². The maximum Gasteiger partial charge on any atom is 0.490 e. The van der Waals surface area contributed by atoms with E-state index in [-0.39, 0.29) is 5.89 Å². The van der Waals surface area contributed by atoms with E-state index < -0.39 is 18.2 Å². The molecule has 4 N–H and O–H groups in total. The Morgan fingerprint density at radius 2 is 2.06 bits per heavy atom. The normalized spacial score (nSPS) is 12.6. The van der Waals surface area contributed by atoms with Gasteiger partial charge in [0, 0.05) is 6.42 Å². The first-order valence-electron chi connectivity index (χ1n) is 4.69. The Labute approximate surface area is 99.4 Å². The molecule has 1 heterocycles. The second-order valence-electron chi connectivity index (χ2n) is 3.07. The van der Waals surface area contributed by atoms with Crippen LogP contribution < -0.4 is 5.73 Å². The summed E-state index contributed by atoms with van der Waals surface area (Å²) < 4.78 is 36.4. The number of hydrogen-bond donors (Lipinski definition) is 3. The third-order valence-corrected chi connectivity index (χ3v) is 1.45. The molecular weight excluding hydrogens is 259 g/mol. The SMILES string of the molecule is CC(O)c1nc(CCN)no1.O=C(O)C(F)(F)F. The minimum absolute atomic E-state index is 0.244. The van der Waals surface area contributed by atoms with E-state index in [1.54, 1.807) is 6.92 Å². The van der Waals surface area contributed by atoms with Crippen LogP contribution in [-0.4, -0.2) is 39.0 Å². The second-order valence-corrected chi connectivity index (χ2v) is 3.07. The first-order valence-corrected chi connectivity index (χ1v) is 4.69. The number of nitrogens with zero attached hydrogens (tertiary/aromatic N) is 2. The van der Waals surface area contributed by atoms with Gasteiger partial charge in [-0.15, -0.1) is 0 Å². The molecule has 18 heavy (non-hydrogen) atoms. The highest BCUT2D eigenvalue weighted by Gasteiger charge is 2.38. The zero-order valence-electron chi connectivity index (χ0n) is 9.31. The van der Waals surface area contributed by atoms with Gasteiger partial charge >= 0.3 is 12.1 Å². The summed E-state index contributed by atoms with van der Waals surface area (Å²) in [5.74, 6) is -1.97. The molecule has 1 atom stereocenters. The van der Waals surface area contributed by atoms with E-state index in [0.29, 0.717) is 18.8 Å². The topological polar surface area (TPSA) is 122 Å². The van der Waals surface area contributed by atoms with E-state index in [0.717, 1.165) is 0 Å². The first-order chi connectivity index (χ1) is 8.18. The summed E-state index contributed by atoms with van der Waals surface area (Å²) in [6.07, 6.45) is -5.20. The average molecular weight is 271 g/mol. The Morgan fingerprint density at radius 3 is 2.33 bits per heavy atom. The number of aliphatic hydroxyl groups is 1. The molecule has 0 aliphatic rings. The summed E-state index contributed by atoms with van der Waals surface area (Å²) in [6.45, 7) is 2.05. The molecule has 1 aromatic rings. The molecular formula is C8H12F3N3O4. The number of aromatic nitrogens is 2. The van der Waals surface area contributed by atoms with Crippen LogP contribution in [0.2, 0.25) is 0 Å². The van der Waals surface area contributed by atoms with Crippen LogP contribution in [0.4, 0.5) is 13.2 Å². The van der Waals surface area contributed by atoms with Gasteiger partial charge in [-0.05, 0) is 13.5 Å². The Balaban J connectivity index is 0.000000360. The molecule has 0 spiro atoms. The van der Waals surface area contributed by atoms with E-state index >= 15 is 0 Å². The number of hydrogen-bond acceptors (Lipinski definition) is 6. The van der Waals surface area contributed by atoms with Gasteiger partial charge in [0.15, 0.2) is 5.82 Å². The lowest BCUT2D eigenvalue weighted by atomic mass is 10.4. The number of carboxylic acid groups (broad SMARTS) is 1. The van der Waals surface area contributed by atoms with E-state index in [1.807, 2.05) is 0 Å². The van der Waals surface area contributed by atoms with Crippen molar-refractivity contribution in [2.45, 2.75) is 25.6 Å². The quantitative estimate of drug-likeness (QED) is 0.720. The number of aliphatic hydroxyl groups excluding tert-OH is 1. The number of carboxylic acids is 1. The fourth-order valence-electron chi connectivity index (χ4n) is 0.668. The van der Waals surface area contributed by atoms with Crippen LogP contribution in [0.15, 0.2) is 4.52 Å². The number of aliphatic carboxylic acids is 1. The molecule has 1 unspecified atom stereocenters. The zero-order valence-corrected chi connectivity index (χ0v) is 9.31. The molecule has 1 rings (SSSR count). The fourth-order valence-corrected chi connectivity index (χ4v) is 0.668. The highest BCUT2D eigenvalue weighted by molar-refractivity contribution is 5.73. The highest BCUT2D eigenvalue weighted by atomic mass is 19.4. The molecule has 7 nitrogen and oxygen atoms in total. The lowest BCUT2D eigenvalue weighted by Gasteiger charge is -1.93. The molecule has 1 aromatic heterocycles. The van der Waals surface area contributed by atoms with Crippen LogP contribution in [0.1, 0.15) is 24.7 Å². The van der Waals surface area contributed by atoms with Crippen LogP contribution in [0.25, 0.3) is 0 Å². The lowest BCUT2D eigenvalue weighted by Crippen LogP contribution is -2.21. The van der Waals surface area contributed by atoms with Crippen molar-refractivity contribution in [2.24, 2.45) is 5.73 Å². The Morgan fingerprint density at radius 1 is 1.56 bits per heavy atom. The standard InChI is InChI=1S/C6H11N3O2.C2HF3O2/c1-4(10)6-8-5(2-3-7)9-11-6;3-2(4,5)1(6)7/h4,10H,2-3,7H2,1H3;(H,6,7). The molecule has 0 aromatic carbocycles. The summed E-state index contributed by atoms with van der Waals surface area (Å²) in [5, 5.41) is 19.7. The molecule has 0 radical (unpaired) electrons. The molecule has 0 saturated carbocycles. The lowest BCUT2D eigenvalue weighted by molar-refractivity contribution is -0.192. The summed E-state index contributed by atoms with van der Waals surface area (Å²) in [4.78, 5) is 12.8. The smallest absolute Gasteiger partial charge is 0.475 e. The Bertz CT molecular complexity index is 378. The Hall–Kier alpha value is -1.68. The third-order valence-electron chi connectivity index (χ3n) is 1.45. The van der Waals surface area contributed by atoms with E-state index in [4.69, 9.17) is 25.3 Å². The molecule has 10 heteroatoms. The highest BCUT2D eigenvalue weighted by Crippen LogP contribution is 2.13. The van der Waals surface area contributed by atoms with Crippen molar-refractivity contribution in [3.63, 3.8) is 0 Å². The average Bonchev–Trinajstić information content (AvgIpc) is 2.66. The van der Waals surface area contributed by atoms with Crippen molar-refractivity contribution in [3.8, 4) is 0 Å². The van der Waals surface area contributed by atoms with Gasteiger partial charge in [-0.1, -0.05) is 5.16 Å². The second kappa shape index (κ2) is 6.91. The number of halogens is 3. The minimum atomic E-state index is -5.08. The molecule has 0 aliphatic heterocycles. The molecule has 0 bridgehead atoms. The van der Waals surface area contributed by atoms with Crippen molar-refractivity contribution < 1.29 is 32.7 Å². The summed E-state index contributed by atoms with van der Waals surface area (Å²) in [5.41, 5.74) is 5.26. The number of nitrogens with two attached hydrogens (primary N) is 1. The van der Waals surface area contributed by atoms with E-state index in [1.165, 1.54) is 0 Å². The van der Waals surface area contributed by atoms with Crippen LogP contribution in [0.3, 0.4) is 0 Å². The maximum atomic E-state index is 10.6. The summed E-state index contributed by atoms with van der Waals surface area (Å²) in [6, 6.07) is 0. The minimum Gasteiger partial charge on any atom is -0.475 e. The zero-order chi connectivity index (χ0) is 14.3. The van der Waals surface area contributed by atoms with Crippen LogP contribution in [-0.2, 0) is 11.2 Å². The van der Waals surface area contributed by atoms with Gasteiger partial charge < -0.3 is 20.5 Å². The van der Waals surface area contributed by atoms with Gasteiger partial charge in [-0.3, -0.25) is 0 Å². The molecule has 0 saturated heterocycles. The Kier molecular flexibility index (Phi) is 6.27. The monoisotopic (exact) mass is 271 g/mol. The predicted octanol–water partition coefficient (Wildman–Crippen LogP) is 0.257. The number of rotatable bonds is 3. The van der Waals surface area contributed by atoms with Crippen LogP contribution in [0.5, 0.6) is 0 Å². The number of alkyl halides is 3. The largest absolute Gasteiger partial charge is 0.490 e. The molecule has 0 amide bonds. The number of carbonyl (C=O) groups is 1. The van der Waals surface area contributed by atoms with Gasteiger partial charge in [-0.25, -0.2) is 4.79 Å². The van der Waals surface area contributed by atoms with Crippen molar-refractivity contribution >= 4 is 5.97 Å². The van der Waals surface area contributed by atoms with Gasteiger partial charge in [0.25, 0.3) is 5.89 Å². The van der Waals surface area contributed by atoms with E-state index in [2.05, 4.69) is 10.1 Å². The predicted molar refractivity (Wildman–Crippen MR) is 51.4 cm³/mol. The van der Waals surface area contributed by atoms with Crippen molar-refractivity contribution in [3.05, 3.63) is 11.7 Å². The van der Waals surface area contributed by atoms with Crippen molar-refractivity contribution in [1.29, 1.82) is 0 Å². The maximum absolute atomic E-state index is 10.6. The van der Waals surface area contributed by atoms with Gasteiger partial charge in [0.2, 0.25) is 0 Å². The fraction of sp³-hybridized carbons (Fsp3) is 0.625. The summed E-state index contributed by atoms with van der Waals surface area (Å²) >= 11 is 0. The van der Waals surface area contributed by atoms with E-state index in [9.17, 15) is 13.2 Å². The van der Waals surface area contributed by atoms with Crippen LogP contribution in [0, 0.1) is 0 Å². The van der Waals surface area contributed by atoms with Crippen LogP contribution >= 0.6 is 0 Å². The van der Waals surface area contributed by atoms with Crippen molar-refractivity contribution in [2.75, 3.05) is 6.54 Å². The third kappa shape index (κ3) is 6.15. The summed E-state index contributed by atoms with van der Waals surface area (Å²) in [7, 11) is 0. The molecule has 0 aliphatic carbocycles.